The Labute approximate surface area is 153 Å². The fraction of sp³-hybridized carbons (Fsp3) is 0.619. The quantitative estimate of drug-likeness (QED) is 0.359. The van der Waals surface area contributed by atoms with Crippen molar-refractivity contribution >= 4 is 13.3 Å². The van der Waals surface area contributed by atoms with Gasteiger partial charge in [-0.1, -0.05) is 54.7 Å². The maximum atomic E-state index is 11.6. The molecule has 0 aromatic heterocycles. The highest BCUT2D eigenvalue weighted by Crippen LogP contribution is 2.58. The lowest BCUT2D eigenvalue weighted by atomic mass is 9.69. The van der Waals surface area contributed by atoms with Crippen molar-refractivity contribution in [3.05, 3.63) is 43.0 Å². The average molecular weight is 363 g/mol. The highest BCUT2D eigenvalue weighted by molar-refractivity contribution is 6.91. The molecule has 0 heterocycles. The van der Waals surface area contributed by atoms with E-state index in [9.17, 15) is 15.3 Å². The van der Waals surface area contributed by atoms with Crippen molar-refractivity contribution in [1.82, 2.24) is 0 Å². The number of hydrogen-bond acceptors (Lipinski definition) is 3. The first-order valence-corrected chi connectivity index (χ1v) is 12.6. The predicted molar refractivity (Wildman–Crippen MR) is 107 cm³/mol. The first-order valence-electron chi connectivity index (χ1n) is 9.48. The molecule has 0 bridgehead atoms. The van der Waals surface area contributed by atoms with Crippen LogP contribution in [0.2, 0.25) is 18.6 Å². The number of hydrogen-bond donors (Lipinski definition) is 3. The molecular weight excluding hydrogens is 328 g/mol. The molecule has 0 aliphatic heterocycles. The van der Waals surface area contributed by atoms with Gasteiger partial charge in [0.05, 0.1) is 20.3 Å². The summed E-state index contributed by atoms with van der Waals surface area (Å²) in [6.45, 7) is 8.23. The zero-order valence-corrected chi connectivity index (χ0v) is 16.7. The van der Waals surface area contributed by atoms with E-state index in [1.165, 1.54) is 5.19 Å². The highest BCUT2D eigenvalue weighted by Gasteiger charge is 2.60. The average Bonchev–Trinajstić information content (AvgIpc) is 2.94. The minimum absolute atomic E-state index is 0.0123. The second-order valence-corrected chi connectivity index (χ2v) is 12.9. The van der Waals surface area contributed by atoms with Crippen molar-refractivity contribution in [2.45, 2.75) is 62.8 Å². The Morgan fingerprint density at radius 1 is 1.20 bits per heavy atom. The molecule has 0 spiro atoms. The van der Waals surface area contributed by atoms with E-state index in [4.69, 9.17) is 0 Å². The molecule has 3 N–H and O–H groups in total. The number of allylic oxidation sites excluding steroid dienone is 1. The van der Waals surface area contributed by atoms with Crippen LogP contribution in [0.4, 0.5) is 0 Å². The Morgan fingerprint density at radius 3 is 2.44 bits per heavy atom. The molecule has 2 unspecified atom stereocenters. The minimum atomic E-state index is -2.09. The number of aliphatic hydroxyl groups is 3. The van der Waals surface area contributed by atoms with E-state index in [0.29, 0.717) is 12.8 Å². The van der Waals surface area contributed by atoms with Crippen LogP contribution >= 0.6 is 0 Å². The van der Waals surface area contributed by atoms with E-state index in [1.54, 1.807) is 0 Å². The second kappa shape index (κ2) is 8.17. The van der Waals surface area contributed by atoms with E-state index in [2.05, 4.69) is 31.8 Å². The van der Waals surface area contributed by atoms with E-state index in [-0.39, 0.29) is 18.8 Å². The fourth-order valence-electron chi connectivity index (χ4n) is 5.09. The van der Waals surface area contributed by atoms with E-state index in [1.807, 2.05) is 24.3 Å². The van der Waals surface area contributed by atoms with Crippen molar-refractivity contribution < 1.29 is 15.3 Å². The lowest BCUT2D eigenvalue weighted by Crippen LogP contribution is -2.60. The van der Waals surface area contributed by atoms with Crippen molar-refractivity contribution in [2.75, 3.05) is 13.2 Å². The minimum Gasteiger partial charge on any atom is -0.396 e. The molecule has 1 fully saturated rings. The van der Waals surface area contributed by atoms with Crippen molar-refractivity contribution in [3.8, 4) is 0 Å². The van der Waals surface area contributed by atoms with E-state index in [0.717, 1.165) is 25.7 Å². The number of benzene rings is 1. The van der Waals surface area contributed by atoms with E-state index >= 15 is 0 Å². The summed E-state index contributed by atoms with van der Waals surface area (Å²) < 4.78 is 0. The summed E-state index contributed by atoms with van der Waals surface area (Å²) >= 11 is 0. The van der Waals surface area contributed by atoms with Crippen LogP contribution in [0.25, 0.3) is 0 Å². The van der Waals surface area contributed by atoms with Gasteiger partial charge in [0.15, 0.2) is 0 Å². The summed E-state index contributed by atoms with van der Waals surface area (Å²) in [5.74, 6) is 0. The van der Waals surface area contributed by atoms with Gasteiger partial charge in [0.1, 0.15) is 0 Å². The molecule has 0 radical (unpaired) electrons. The number of aliphatic hydroxyl groups excluding tert-OH is 2. The molecule has 140 valence electrons. The molecule has 1 aliphatic carbocycles. The van der Waals surface area contributed by atoms with Gasteiger partial charge in [-0.15, -0.1) is 6.58 Å². The molecule has 1 saturated carbocycles. The van der Waals surface area contributed by atoms with Crippen LogP contribution in [0.5, 0.6) is 0 Å². The third kappa shape index (κ3) is 3.63. The summed E-state index contributed by atoms with van der Waals surface area (Å²) in [6.07, 6.45) is 6.67. The summed E-state index contributed by atoms with van der Waals surface area (Å²) in [5.41, 5.74) is -1.60. The first kappa shape index (κ1) is 20.4. The van der Waals surface area contributed by atoms with Gasteiger partial charge < -0.3 is 15.3 Å². The predicted octanol–water partition coefficient (Wildman–Crippen LogP) is 3.21. The molecule has 3 nitrogen and oxygen atoms in total. The smallest absolute Gasteiger partial charge is 0.0866 e. The maximum absolute atomic E-state index is 11.6. The standard InChI is InChI=1S/C21H34O3Si/c1-4-5-9-14-21(24)15-10-13-20(21,17-23)19(16-22)25(2,3)18-11-7-6-8-12-18/h4,6-8,11-12,19,22-24H,1,5,9-10,13-17H2,2-3H3/t19-,20?,21?/m0/s1. The van der Waals surface area contributed by atoms with Crippen LogP contribution in [0.15, 0.2) is 43.0 Å². The molecule has 3 atom stereocenters. The molecule has 1 aromatic rings. The molecule has 2 rings (SSSR count). The molecule has 25 heavy (non-hydrogen) atoms. The van der Waals surface area contributed by atoms with Crippen LogP contribution in [-0.2, 0) is 0 Å². The van der Waals surface area contributed by atoms with Gasteiger partial charge in [0, 0.05) is 12.0 Å². The Morgan fingerprint density at radius 2 is 1.88 bits per heavy atom. The van der Waals surface area contributed by atoms with Crippen molar-refractivity contribution in [3.63, 3.8) is 0 Å². The second-order valence-electron chi connectivity index (χ2n) is 8.20. The van der Waals surface area contributed by atoms with Gasteiger partial charge >= 0.3 is 0 Å². The summed E-state index contributed by atoms with van der Waals surface area (Å²) in [7, 11) is -2.09. The Kier molecular flexibility index (Phi) is 6.66. The molecule has 4 heteroatoms. The number of rotatable bonds is 9. The molecule has 1 aliphatic rings. The first-order chi connectivity index (χ1) is 11.9. The summed E-state index contributed by atoms with van der Waals surface area (Å²) in [5, 5.41) is 33.7. The van der Waals surface area contributed by atoms with Crippen molar-refractivity contribution in [1.29, 1.82) is 0 Å². The van der Waals surface area contributed by atoms with Crippen LogP contribution in [0.1, 0.15) is 38.5 Å². The zero-order valence-electron chi connectivity index (χ0n) is 15.7. The number of unbranched alkanes of at least 4 members (excludes halogenated alkanes) is 1. The lowest BCUT2D eigenvalue weighted by molar-refractivity contribution is -0.103. The Bertz CT molecular complexity index is 560. The van der Waals surface area contributed by atoms with Crippen LogP contribution in [0, 0.1) is 5.41 Å². The lowest BCUT2D eigenvalue weighted by Gasteiger charge is -2.51. The maximum Gasteiger partial charge on any atom is 0.0866 e. The molecular formula is C21H34O3Si. The van der Waals surface area contributed by atoms with Crippen LogP contribution < -0.4 is 5.19 Å². The Balaban J connectivity index is 2.42. The zero-order chi connectivity index (χ0) is 18.6. The molecule has 1 aromatic carbocycles. The highest BCUT2D eigenvalue weighted by atomic mass is 28.3. The third-order valence-electron chi connectivity index (χ3n) is 6.66. The SMILES string of the molecule is C=CCCCC1(O)CCCC1(CO)[C@H](CO)[Si](C)(C)c1ccccc1. The van der Waals surface area contributed by atoms with Crippen molar-refractivity contribution in [2.24, 2.45) is 5.41 Å². The van der Waals surface area contributed by atoms with Gasteiger partial charge in [0.25, 0.3) is 0 Å². The molecule has 0 saturated heterocycles. The monoisotopic (exact) mass is 362 g/mol. The topological polar surface area (TPSA) is 60.7 Å². The van der Waals surface area contributed by atoms with Gasteiger partial charge in [-0.05, 0) is 44.1 Å². The Hall–Kier alpha value is -0.943. The van der Waals surface area contributed by atoms with Gasteiger partial charge in [-0.3, -0.25) is 0 Å². The molecule has 0 amide bonds. The van der Waals surface area contributed by atoms with Gasteiger partial charge in [-0.2, -0.15) is 0 Å². The third-order valence-corrected chi connectivity index (χ3v) is 11.0. The summed E-state index contributed by atoms with van der Waals surface area (Å²) in [6, 6.07) is 10.3. The van der Waals surface area contributed by atoms with Crippen LogP contribution in [-0.4, -0.2) is 42.2 Å². The van der Waals surface area contributed by atoms with Gasteiger partial charge in [0.2, 0.25) is 0 Å². The largest absolute Gasteiger partial charge is 0.396 e. The fourth-order valence-corrected chi connectivity index (χ4v) is 8.88. The summed E-state index contributed by atoms with van der Waals surface area (Å²) in [4.78, 5) is 0. The normalized spacial score (nSPS) is 28.0. The van der Waals surface area contributed by atoms with Crippen LogP contribution in [0.3, 0.4) is 0 Å². The van der Waals surface area contributed by atoms with Gasteiger partial charge in [-0.25, -0.2) is 0 Å². The van der Waals surface area contributed by atoms with E-state index < -0.39 is 19.1 Å².